The third kappa shape index (κ3) is 4.25. The first-order valence-electron chi connectivity index (χ1n) is 6.11. The van der Waals surface area contributed by atoms with Gasteiger partial charge in [0.2, 0.25) is 5.88 Å². The number of rotatable bonds is 3. The molecule has 1 N–H and O–H groups in total. The second-order valence-corrected chi connectivity index (χ2v) is 5.29. The summed E-state index contributed by atoms with van der Waals surface area (Å²) in [7, 11) is 0. The zero-order valence-corrected chi connectivity index (χ0v) is 11.3. The normalized spacial score (nSPS) is 11.2. The van der Waals surface area contributed by atoms with Crippen LogP contribution in [0.3, 0.4) is 0 Å². The largest absolute Gasteiger partial charge is 0.439 e. The average molecular weight is 260 g/mol. The van der Waals surface area contributed by atoms with Gasteiger partial charge in [-0.2, -0.15) is 4.98 Å². The Bertz CT molecular complexity index is 547. The van der Waals surface area contributed by atoms with Crippen LogP contribution in [0.25, 0.3) is 0 Å². The van der Waals surface area contributed by atoms with Crippen LogP contribution in [0.2, 0.25) is 0 Å². The van der Waals surface area contributed by atoms with Crippen LogP contribution < -0.4 is 10.1 Å². The number of pyridine rings is 1. The molecule has 2 aromatic rings. The van der Waals surface area contributed by atoms with Crippen molar-refractivity contribution in [3.8, 4) is 11.6 Å². The van der Waals surface area contributed by atoms with Crippen molar-refractivity contribution >= 4 is 5.82 Å². The molecule has 0 atom stereocenters. The number of hydrogen-bond donors (Lipinski definition) is 1. The van der Waals surface area contributed by atoms with Crippen LogP contribution in [0.5, 0.6) is 11.6 Å². The highest BCUT2D eigenvalue weighted by Crippen LogP contribution is 2.22. The molecule has 19 heavy (non-hydrogen) atoms. The number of aromatic nitrogens is 1. The molecule has 3 nitrogen and oxygen atoms in total. The van der Waals surface area contributed by atoms with Gasteiger partial charge in [0.15, 0.2) is 0 Å². The predicted octanol–water partition coefficient (Wildman–Crippen LogP) is 4.22. The molecule has 1 aromatic heterocycles. The molecule has 0 fully saturated rings. The van der Waals surface area contributed by atoms with Gasteiger partial charge in [-0.25, -0.2) is 4.39 Å². The number of halogens is 1. The lowest BCUT2D eigenvalue weighted by molar-refractivity contribution is 0.461. The fourth-order valence-electron chi connectivity index (χ4n) is 1.55. The van der Waals surface area contributed by atoms with Crippen molar-refractivity contribution in [1.29, 1.82) is 0 Å². The van der Waals surface area contributed by atoms with Crippen molar-refractivity contribution in [1.82, 2.24) is 4.98 Å². The van der Waals surface area contributed by atoms with E-state index in [1.54, 1.807) is 18.2 Å². The zero-order chi connectivity index (χ0) is 13.9. The molecule has 0 amide bonds. The monoisotopic (exact) mass is 260 g/mol. The zero-order valence-electron chi connectivity index (χ0n) is 11.3. The summed E-state index contributed by atoms with van der Waals surface area (Å²) in [6.45, 7) is 6.17. The summed E-state index contributed by atoms with van der Waals surface area (Å²) in [5, 5.41) is 3.27. The lowest BCUT2D eigenvalue weighted by Crippen LogP contribution is -2.26. The molecule has 0 aliphatic rings. The molecule has 0 saturated heterocycles. The highest BCUT2D eigenvalue weighted by atomic mass is 19.1. The van der Waals surface area contributed by atoms with Gasteiger partial charge in [-0.15, -0.1) is 0 Å². The van der Waals surface area contributed by atoms with E-state index >= 15 is 0 Å². The summed E-state index contributed by atoms with van der Waals surface area (Å²) in [6.07, 6.45) is 0. The van der Waals surface area contributed by atoms with E-state index in [0.717, 1.165) is 5.82 Å². The molecule has 100 valence electrons. The summed E-state index contributed by atoms with van der Waals surface area (Å²) >= 11 is 0. The van der Waals surface area contributed by atoms with Gasteiger partial charge in [-0.1, -0.05) is 6.07 Å². The first kappa shape index (κ1) is 13.3. The van der Waals surface area contributed by atoms with Crippen LogP contribution in [0, 0.1) is 5.82 Å². The molecule has 0 radical (unpaired) electrons. The minimum Gasteiger partial charge on any atom is -0.439 e. The van der Waals surface area contributed by atoms with Gasteiger partial charge in [0, 0.05) is 11.6 Å². The topological polar surface area (TPSA) is 34.1 Å². The quantitative estimate of drug-likeness (QED) is 0.897. The fourth-order valence-corrected chi connectivity index (χ4v) is 1.55. The van der Waals surface area contributed by atoms with E-state index in [4.69, 9.17) is 4.74 Å². The molecular formula is C15H17FN2O. The van der Waals surface area contributed by atoms with Crippen LogP contribution >= 0.6 is 0 Å². The number of hydrogen-bond acceptors (Lipinski definition) is 3. The summed E-state index contributed by atoms with van der Waals surface area (Å²) < 4.78 is 18.4. The van der Waals surface area contributed by atoms with E-state index in [0.29, 0.717) is 11.6 Å². The Morgan fingerprint density at radius 1 is 1.05 bits per heavy atom. The molecule has 0 aliphatic carbocycles. The predicted molar refractivity (Wildman–Crippen MR) is 74.1 cm³/mol. The Morgan fingerprint density at radius 2 is 1.74 bits per heavy atom. The van der Waals surface area contributed by atoms with E-state index in [9.17, 15) is 4.39 Å². The van der Waals surface area contributed by atoms with Gasteiger partial charge < -0.3 is 10.1 Å². The summed E-state index contributed by atoms with van der Waals surface area (Å²) in [4.78, 5) is 4.35. The molecular weight excluding hydrogens is 243 g/mol. The van der Waals surface area contributed by atoms with Crippen LogP contribution in [-0.2, 0) is 0 Å². The Kier molecular flexibility index (Phi) is 3.69. The third-order valence-corrected chi connectivity index (χ3v) is 2.26. The van der Waals surface area contributed by atoms with Crippen molar-refractivity contribution in [2.75, 3.05) is 5.32 Å². The molecule has 0 unspecified atom stereocenters. The first-order chi connectivity index (χ1) is 8.92. The Hall–Kier alpha value is -2.10. The Balaban J connectivity index is 2.13. The van der Waals surface area contributed by atoms with Gasteiger partial charge >= 0.3 is 0 Å². The lowest BCUT2D eigenvalue weighted by Gasteiger charge is -2.21. The maximum absolute atomic E-state index is 12.8. The standard InChI is InChI=1S/C15H17FN2O/c1-15(2,3)18-13-5-4-6-14(17-13)19-12-9-7-11(16)8-10-12/h4-10H,1-3H3,(H,17,18). The van der Waals surface area contributed by atoms with Crippen molar-refractivity contribution in [3.63, 3.8) is 0 Å². The van der Waals surface area contributed by atoms with Crippen LogP contribution in [0.15, 0.2) is 42.5 Å². The SMILES string of the molecule is CC(C)(C)Nc1cccc(Oc2ccc(F)cc2)n1. The van der Waals surface area contributed by atoms with Crippen LogP contribution in [0.4, 0.5) is 10.2 Å². The van der Waals surface area contributed by atoms with E-state index in [-0.39, 0.29) is 11.4 Å². The summed E-state index contributed by atoms with van der Waals surface area (Å²) in [5.74, 6) is 1.48. The minimum absolute atomic E-state index is 0.0680. The number of anilines is 1. The van der Waals surface area contributed by atoms with Gasteiger partial charge in [0.25, 0.3) is 0 Å². The van der Waals surface area contributed by atoms with E-state index in [2.05, 4.69) is 31.1 Å². The second-order valence-electron chi connectivity index (χ2n) is 5.29. The first-order valence-corrected chi connectivity index (χ1v) is 6.11. The third-order valence-electron chi connectivity index (χ3n) is 2.26. The van der Waals surface area contributed by atoms with E-state index in [1.165, 1.54) is 12.1 Å². The minimum atomic E-state index is -0.288. The van der Waals surface area contributed by atoms with Gasteiger partial charge in [0.1, 0.15) is 17.4 Å². The van der Waals surface area contributed by atoms with Crippen molar-refractivity contribution in [2.24, 2.45) is 0 Å². The molecule has 4 heteroatoms. The average Bonchev–Trinajstić information content (AvgIpc) is 2.30. The molecule has 0 bridgehead atoms. The van der Waals surface area contributed by atoms with Crippen molar-refractivity contribution < 1.29 is 9.13 Å². The molecule has 1 aromatic carbocycles. The molecule has 0 saturated carbocycles. The number of ether oxygens (including phenoxy) is 1. The lowest BCUT2D eigenvalue weighted by atomic mass is 10.1. The number of benzene rings is 1. The highest BCUT2D eigenvalue weighted by molar-refractivity contribution is 5.40. The second kappa shape index (κ2) is 5.26. The molecule has 2 rings (SSSR count). The summed E-state index contributed by atoms with van der Waals surface area (Å²) in [5.41, 5.74) is -0.0680. The Morgan fingerprint density at radius 3 is 2.37 bits per heavy atom. The number of nitrogens with zero attached hydrogens (tertiary/aromatic N) is 1. The number of nitrogens with one attached hydrogen (secondary N) is 1. The fraction of sp³-hybridized carbons (Fsp3) is 0.267. The van der Waals surface area contributed by atoms with Crippen LogP contribution in [0.1, 0.15) is 20.8 Å². The van der Waals surface area contributed by atoms with Crippen molar-refractivity contribution in [2.45, 2.75) is 26.3 Å². The van der Waals surface area contributed by atoms with Gasteiger partial charge in [0.05, 0.1) is 0 Å². The van der Waals surface area contributed by atoms with Gasteiger partial charge in [-0.05, 0) is 51.1 Å². The molecule has 0 spiro atoms. The summed E-state index contributed by atoms with van der Waals surface area (Å²) in [6, 6.07) is 11.3. The molecule has 0 aliphatic heterocycles. The smallest absolute Gasteiger partial charge is 0.221 e. The van der Waals surface area contributed by atoms with E-state index in [1.807, 2.05) is 12.1 Å². The van der Waals surface area contributed by atoms with Gasteiger partial charge in [-0.3, -0.25) is 0 Å². The van der Waals surface area contributed by atoms with E-state index < -0.39 is 0 Å². The maximum atomic E-state index is 12.8. The Labute approximate surface area is 112 Å². The van der Waals surface area contributed by atoms with Crippen LogP contribution in [-0.4, -0.2) is 10.5 Å². The maximum Gasteiger partial charge on any atom is 0.221 e. The highest BCUT2D eigenvalue weighted by Gasteiger charge is 2.10. The molecule has 1 heterocycles. The van der Waals surface area contributed by atoms with Crippen molar-refractivity contribution in [3.05, 3.63) is 48.3 Å².